The summed E-state index contributed by atoms with van der Waals surface area (Å²) in [4.78, 5) is 11.2. The van der Waals surface area contributed by atoms with Crippen molar-refractivity contribution in [1.29, 1.82) is 5.41 Å². The number of hydrogen-bond donors (Lipinski definition) is 4. The van der Waals surface area contributed by atoms with Gasteiger partial charge in [-0.1, -0.05) is 41.9 Å². The van der Waals surface area contributed by atoms with E-state index in [4.69, 9.17) is 28.5 Å². The van der Waals surface area contributed by atoms with Gasteiger partial charge in [0, 0.05) is 42.4 Å². The van der Waals surface area contributed by atoms with Crippen LogP contribution in [0, 0.1) is 23.1 Å². The van der Waals surface area contributed by atoms with Crippen molar-refractivity contribution in [1.82, 2.24) is 20.2 Å². The number of rotatable bonds is 6. The molecule has 8 nitrogen and oxygen atoms in total. The van der Waals surface area contributed by atoms with Gasteiger partial charge in [0.05, 0.1) is 23.1 Å². The van der Waals surface area contributed by atoms with Gasteiger partial charge in [-0.15, -0.1) is 0 Å². The molecule has 188 valence electrons. The van der Waals surface area contributed by atoms with E-state index in [1.807, 2.05) is 18.2 Å². The second-order valence-electron chi connectivity index (χ2n) is 9.69. The molecule has 3 atom stereocenters. The molecule has 2 aliphatic rings. The minimum absolute atomic E-state index is 0.0999. The molecule has 0 unspecified atom stereocenters. The Morgan fingerprint density at radius 3 is 2.73 bits per heavy atom. The van der Waals surface area contributed by atoms with Gasteiger partial charge in [-0.05, 0) is 41.5 Å². The Bertz CT molecular complexity index is 1490. The van der Waals surface area contributed by atoms with E-state index < -0.39 is 0 Å². The largest absolute Gasteiger partial charge is 0.382 e. The fourth-order valence-corrected chi connectivity index (χ4v) is 6.28. The van der Waals surface area contributed by atoms with Crippen molar-refractivity contribution >= 4 is 28.9 Å². The molecule has 0 bridgehead atoms. The summed E-state index contributed by atoms with van der Waals surface area (Å²) in [6, 6.07) is 12.4. The number of nitrogen functional groups attached to an aromatic ring is 1. The van der Waals surface area contributed by atoms with E-state index in [2.05, 4.69) is 25.1 Å². The number of hydrogen-bond acceptors (Lipinski definition) is 7. The maximum atomic E-state index is 14.7. The molecule has 10 heteroatoms. The van der Waals surface area contributed by atoms with E-state index in [0.29, 0.717) is 41.0 Å². The van der Waals surface area contributed by atoms with E-state index in [-0.39, 0.29) is 34.4 Å². The number of anilines is 2. The highest BCUT2D eigenvalue weighted by Crippen LogP contribution is 2.63. The zero-order chi connectivity index (χ0) is 25.7. The molecule has 1 aliphatic heterocycles. The minimum atomic E-state index is -0.347. The number of nitrogens with two attached hydrogens (primary N) is 2. The number of aromatic nitrogens is 4. The van der Waals surface area contributed by atoms with Crippen molar-refractivity contribution in [3.63, 3.8) is 0 Å². The van der Waals surface area contributed by atoms with Crippen molar-refractivity contribution in [3.05, 3.63) is 88.7 Å². The van der Waals surface area contributed by atoms with E-state index in [1.54, 1.807) is 36.8 Å². The van der Waals surface area contributed by atoms with E-state index >= 15 is 0 Å². The molecule has 1 saturated carbocycles. The maximum absolute atomic E-state index is 14.7. The van der Waals surface area contributed by atoms with Gasteiger partial charge in [0.15, 0.2) is 5.82 Å². The minimum Gasteiger partial charge on any atom is -0.382 e. The molecule has 1 saturated heterocycles. The van der Waals surface area contributed by atoms with Crippen LogP contribution in [0.2, 0.25) is 5.02 Å². The number of piperidine rings is 1. The van der Waals surface area contributed by atoms with Crippen LogP contribution in [0.4, 0.5) is 16.0 Å². The highest BCUT2D eigenvalue weighted by molar-refractivity contribution is 6.35. The lowest BCUT2D eigenvalue weighted by molar-refractivity contribution is 0.533. The first kappa shape index (κ1) is 23.6. The van der Waals surface area contributed by atoms with Gasteiger partial charge >= 0.3 is 0 Å². The van der Waals surface area contributed by atoms with Crippen LogP contribution < -0.4 is 16.4 Å². The summed E-state index contributed by atoms with van der Waals surface area (Å²) >= 11 is 6.51. The van der Waals surface area contributed by atoms with Crippen LogP contribution in [-0.4, -0.2) is 45.5 Å². The zero-order valence-electron chi connectivity index (χ0n) is 20.0. The van der Waals surface area contributed by atoms with Crippen LogP contribution in [0.3, 0.4) is 0 Å². The molecule has 0 radical (unpaired) electrons. The van der Waals surface area contributed by atoms with Crippen molar-refractivity contribution in [3.8, 4) is 11.1 Å². The van der Waals surface area contributed by atoms with E-state index in [0.717, 1.165) is 24.1 Å². The predicted octanol–water partition coefficient (Wildman–Crippen LogP) is 4.01. The first-order valence-electron chi connectivity index (χ1n) is 12.1. The fourth-order valence-electron chi connectivity index (χ4n) is 6.01. The lowest BCUT2D eigenvalue weighted by atomic mass is 9.91. The van der Waals surface area contributed by atoms with Crippen molar-refractivity contribution in [2.45, 2.75) is 11.8 Å². The Balaban J connectivity index is 1.22. The van der Waals surface area contributed by atoms with Crippen LogP contribution in [0.15, 0.2) is 61.1 Å². The zero-order valence-corrected chi connectivity index (χ0v) is 20.7. The normalized spacial score (nSPS) is 22.5. The van der Waals surface area contributed by atoms with Gasteiger partial charge in [0.2, 0.25) is 0 Å². The van der Waals surface area contributed by atoms with Crippen LogP contribution in [0.1, 0.15) is 23.2 Å². The summed E-state index contributed by atoms with van der Waals surface area (Å²) in [5.41, 5.74) is 15.5. The van der Waals surface area contributed by atoms with Gasteiger partial charge in [0.25, 0.3) is 0 Å². The Hall–Kier alpha value is -3.82. The number of H-pyrrole nitrogens is 1. The Kier molecular flexibility index (Phi) is 5.69. The average molecular weight is 517 g/mol. The topological polar surface area (TPSA) is 134 Å². The summed E-state index contributed by atoms with van der Waals surface area (Å²) in [6.07, 6.45) is 6.01. The molecule has 4 aromatic rings. The highest BCUT2D eigenvalue weighted by Gasteiger charge is 2.66. The lowest BCUT2D eigenvalue weighted by Crippen LogP contribution is -2.33. The Morgan fingerprint density at radius 2 is 2.03 bits per heavy atom. The van der Waals surface area contributed by atoms with E-state index in [9.17, 15) is 4.39 Å². The highest BCUT2D eigenvalue weighted by atomic mass is 35.5. The number of halogens is 2. The molecule has 2 fully saturated rings. The number of nitrogens with one attached hydrogen (secondary N) is 2. The second-order valence-corrected chi connectivity index (χ2v) is 10.1. The number of nitrogens with zero attached hydrogens (tertiary/aromatic N) is 4. The average Bonchev–Trinajstić information content (AvgIpc) is 3.23. The summed E-state index contributed by atoms with van der Waals surface area (Å²) in [5.74, 6) is 1.18. The Labute approximate surface area is 218 Å². The number of aromatic amines is 1. The van der Waals surface area contributed by atoms with Crippen LogP contribution >= 0.6 is 11.6 Å². The summed E-state index contributed by atoms with van der Waals surface area (Å²) in [5, 5.41) is 15.8. The molecule has 3 heterocycles. The third-order valence-corrected chi connectivity index (χ3v) is 8.27. The molecule has 2 aromatic carbocycles. The predicted molar refractivity (Wildman–Crippen MR) is 142 cm³/mol. The molecule has 6 rings (SSSR count). The third kappa shape index (κ3) is 3.77. The monoisotopic (exact) mass is 516 g/mol. The first-order valence-corrected chi connectivity index (χ1v) is 12.5. The first-order chi connectivity index (χ1) is 17.9. The van der Waals surface area contributed by atoms with Crippen molar-refractivity contribution < 1.29 is 4.39 Å². The number of fused-ring (bicyclic) bond motifs is 1. The van der Waals surface area contributed by atoms with Crippen LogP contribution in [0.5, 0.6) is 0 Å². The van der Waals surface area contributed by atoms with E-state index in [1.165, 1.54) is 6.07 Å². The second kappa shape index (κ2) is 8.93. The molecule has 37 heavy (non-hydrogen) atoms. The van der Waals surface area contributed by atoms with Crippen molar-refractivity contribution in [2.24, 2.45) is 17.6 Å². The quantitative estimate of drug-likeness (QED) is 0.286. The molecule has 1 aliphatic carbocycles. The fraction of sp³-hybridized carbons (Fsp3) is 0.259. The standard InChI is InChI=1S/C27H26ClFN8/c28-21-9-15(16-10-34-35-11-16)5-6-17(21)24(31)25-26(32)36-23(12-33-25)37-8-7-18-20(13-37)27(18,14-30)19-3-1-2-4-22(19)29/h1-6,9-12,18,20,31H,7-8,13-14,30H2,(H2,32,36)(H,34,35)/t18-,20+,27-/m1/s1. The van der Waals surface area contributed by atoms with Gasteiger partial charge in [-0.2, -0.15) is 5.10 Å². The molecular weight excluding hydrogens is 491 g/mol. The molecule has 0 spiro atoms. The molecular formula is C27H26ClFN8. The van der Waals surface area contributed by atoms with Gasteiger partial charge in [-0.3, -0.25) is 10.5 Å². The molecule has 0 amide bonds. The SMILES string of the molecule is N=C(c1ccc(-c2cn[nH]c2)cc1Cl)c1ncc(N2CC[C@@H]3[C@H](C2)[C@@]3(CN)c2ccccc2F)nc1N. The smallest absolute Gasteiger partial charge is 0.154 e. The van der Waals surface area contributed by atoms with Gasteiger partial charge < -0.3 is 16.4 Å². The molecule has 2 aromatic heterocycles. The third-order valence-electron chi connectivity index (χ3n) is 7.96. The lowest BCUT2D eigenvalue weighted by Gasteiger charge is -2.27. The summed E-state index contributed by atoms with van der Waals surface area (Å²) in [7, 11) is 0. The van der Waals surface area contributed by atoms with Crippen LogP contribution in [-0.2, 0) is 5.41 Å². The Morgan fingerprint density at radius 1 is 1.19 bits per heavy atom. The van der Waals surface area contributed by atoms with Gasteiger partial charge in [0.1, 0.15) is 17.3 Å². The number of benzene rings is 2. The summed E-state index contributed by atoms with van der Waals surface area (Å²) in [6.45, 7) is 1.85. The van der Waals surface area contributed by atoms with Crippen LogP contribution in [0.25, 0.3) is 11.1 Å². The molecule has 6 N–H and O–H groups in total. The van der Waals surface area contributed by atoms with Gasteiger partial charge in [-0.25, -0.2) is 14.4 Å². The summed E-state index contributed by atoms with van der Waals surface area (Å²) < 4.78 is 14.7. The maximum Gasteiger partial charge on any atom is 0.154 e. The van der Waals surface area contributed by atoms with Crippen molar-refractivity contribution in [2.75, 3.05) is 30.3 Å².